The van der Waals surface area contributed by atoms with Gasteiger partial charge in [-0.15, -0.1) is 11.3 Å². The molecule has 6 heteroatoms. The number of aromatic nitrogens is 2. The summed E-state index contributed by atoms with van der Waals surface area (Å²) in [5.41, 5.74) is 2.15. The lowest BCUT2D eigenvalue weighted by molar-refractivity contribution is 0.107. The maximum Gasteiger partial charge on any atom is 0.185 e. The van der Waals surface area contributed by atoms with E-state index in [1.54, 1.807) is 17.5 Å². The van der Waals surface area contributed by atoms with Crippen LogP contribution in [-0.2, 0) is 0 Å². The normalized spacial score (nSPS) is 23.0. The Morgan fingerprint density at radius 3 is 2.83 bits per heavy atom. The van der Waals surface area contributed by atoms with Crippen LogP contribution in [0.4, 0.5) is 5.13 Å². The Morgan fingerprint density at radius 2 is 2.08 bits per heavy atom. The number of anilines is 1. The van der Waals surface area contributed by atoms with E-state index in [1.807, 2.05) is 12.3 Å². The number of pyridine rings is 1. The molecule has 0 spiro atoms. The van der Waals surface area contributed by atoms with Crippen molar-refractivity contribution in [1.29, 1.82) is 0 Å². The van der Waals surface area contributed by atoms with Gasteiger partial charge in [0.2, 0.25) is 0 Å². The van der Waals surface area contributed by atoms with E-state index >= 15 is 0 Å². The summed E-state index contributed by atoms with van der Waals surface area (Å²) < 4.78 is 0. The van der Waals surface area contributed by atoms with Gasteiger partial charge < -0.3 is 9.80 Å². The Bertz CT molecular complexity index is 650. The molecule has 128 valence electrons. The number of nitrogens with zero attached hydrogens (tertiary/aromatic N) is 5. The van der Waals surface area contributed by atoms with Crippen molar-refractivity contribution in [3.63, 3.8) is 0 Å². The fourth-order valence-corrected chi connectivity index (χ4v) is 4.59. The number of hydrogen-bond donors (Lipinski definition) is 0. The second-order valence-corrected chi connectivity index (χ2v) is 7.45. The van der Waals surface area contributed by atoms with Crippen LogP contribution < -0.4 is 4.90 Å². The zero-order chi connectivity index (χ0) is 16.4. The largest absolute Gasteiger partial charge is 0.346 e. The summed E-state index contributed by atoms with van der Waals surface area (Å²) in [7, 11) is 0. The standard InChI is InChI=1S/C18H25N5S/c1-2-21-8-10-22(11-9-21)16-5-7-23(13-16)18-20-17(14-24-18)15-4-3-6-19-12-15/h3-4,6,12,14,16H,2,5,7-11,13H2,1H3/t16-/m0/s1. The zero-order valence-electron chi connectivity index (χ0n) is 14.3. The van der Waals surface area contributed by atoms with Gasteiger partial charge in [0, 0.05) is 68.6 Å². The van der Waals surface area contributed by atoms with E-state index in [2.05, 4.69) is 38.1 Å². The van der Waals surface area contributed by atoms with E-state index in [0.29, 0.717) is 6.04 Å². The van der Waals surface area contributed by atoms with E-state index < -0.39 is 0 Å². The molecule has 4 heterocycles. The van der Waals surface area contributed by atoms with E-state index in [1.165, 1.54) is 39.1 Å². The molecule has 0 unspecified atom stereocenters. The van der Waals surface area contributed by atoms with Crippen molar-refractivity contribution in [2.45, 2.75) is 19.4 Å². The number of thiazole rings is 1. The molecule has 4 rings (SSSR count). The molecule has 2 fully saturated rings. The van der Waals surface area contributed by atoms with Crippen molar-refractivity contribution in [1.82, 2.24) is 19.8 Å². The van der Waals surface area contributed by atoms with Crippen LogP contribution in [0, 0.1) is 0 Å². The number of rotatable bonds is 4. The molecule has 1 atom stereocenters. The molecule has 5 nitrogen and oxygen atoms in total. The molecule has 0 amide bonds. The second-order valence-electron chi connectivity index (χ2n) is 6.62. The Kier molecular flexibility index (Phi) is 4.78. The molecule has 24 heavy (non-hydrogen) atoms. The lowest BCUT2D eigenvalue weighted by atomic mass is 10.2. The third-order valence-electron chi connectivity index (χ3n) is 5.25. The average molecular weight is 344 g/mol. The van der Waals surface area contributed by atoms with Crippen molar-refractivity contribution in [2.24, 2.45) is 0 Å². The summed E-state index contributed by atoms with van der Waals surface area (Å²) in [4.78, 5) is 16.7. The number of likely N-dealkylation sites (N-methyl/N-ethyl adjacent to an activating group) is 1. The Balaban J connectivity index is 1.38. The van der Waals surface area contributed by atoms with Gasteiger partial charge in [-0.2, -0.15) is 0 Å². The highest BCUT2D eigenvalue weighted by Crippen LogP contribution is 2.30. The zero-order valence-corrected chi connectivity index (χ0v) is 15.1. The Labute approximate surface area is 147 Å². The molecule has 0 aliphatic carbocycles. The lowest BCUT2D eigenvalue weighted by Crippen LogP contribution is -2.50. The third kappa shape index (κ3) is 3.31. The molecule has 2 aromatic rings. The van der Waals surface area contributed by atoms with E-state index in [-0.39, 0.29) is 0 Å². The molecular weight excluding hydrogens is 318 g/mol. The number of piperazine rings is 1. The van der Waals surface area contributed by atoms with Crippen LogP contribution >= 0.6 is 11.3 Å². The van der Waals surface area contributed by atoms with Gasteiger partial charge >= 0.3 is 0 Å². The smallest absolute Gasteiger partial charge is 0.185 e. The minimum absolute atomic E-state index is 0.690. The van der Waals surface area contributed by atoms with E-state index in [0.717, 1.165) is 29.5 Å². The number of hydrogen-bond acceptors (Lipinski definition) is 6. The summed E-state index contributed by atoms with van der Waals surface area (Å²) in [6.45, 7) is 10.5. The Hall–Kier alpha value is -1.50. The predicted octanol–water partition coefficient (Wildman–Crippen LogP) is 2.42. The van der Waals surface area contributed by atoms with Crippen LogP contribution in [-0.4, -0.2) is 71.6 Å². The molecule has 2 aliphatic heterocycles. The molecule has 0 saturated carbocycles. The fourth-order valence-electron chi connectivity index (χ4n) is 3.71. The predicted molar refractivity (Wildman–Crippen MR) is 99.7 cm³/mol. The maximum absolute atomic E-state index is 4.85. The second kappa shape index (κ2) is 7.17. The summed E-state index contributed by atoms with van der Waals surface area (Å²) in [6.07, 6.45) is 4.95. The molecule has 2 aromatic heterocycles. The first-order valence-electron chi connectivity index (χ1n) is 8.91. The highest BCUT2D eigenvalue weighted by molar-refractivity contribution is 7.14. The minimum Gasteiger partial charge on any atom is -0.346 e. The van der Waals surface area contributed by atoms with Gasteiger partial charge in [0.25, 0.3) is 0 Å². The van der Waals surface area contributed by atoms with Crippen LogP contribution in [0.15, 0.2) is 29.9 Å². The van der Waals surface area contributed by atoms with Gasteiger partial charge in [0.05, 0.1) is 5.69 Å². The molecular formula is C18H25N5S. The van der Waals surface area contributed by atoms with Gasteiger partial charge in [0.15, 0.2) is 5.13 Å². The first-order valence-corrected chi connectivity index (χ1v) is 9.78. The van der Waals surface area contributed by atoms with Crippen molar-refractivity contribution < 1.29 is 0 Å². The van der Waals surface area contributed by atoms with E-state index in [4.69, 9.17) is 4.98 Å². The lowest BCUT2D eigenvalue weighted by Gasteiger charge is -2.37. The fraction of sp³-hybridized carbons (Fsp3) is 0.556. The van der Waals surface area contributed by atoms with Crippen LogP contribution in [0.25, 0.3) is 11.3 Å². The van der Waals surface area contributed by atoms with Crippen molar-refractivity contribution in [2.75, 3.05) is 50.7 Å². The molecule has 0 aromatic carbocycles. The summed E-state index contributed by atoms with van der Waals surface area (Å²) in [6, 6.07) is 4.73. The first kappa shape index (κ1) is 16.0. The van der Waals surface area contributed by atoms with Gasteiger partial charge in [-0.05, 0) is 25.1 Å². The average Bonchev–Trinajstić information content (AvgIpc) is 3.32. The highest BCUT2D eigenvalue weighted by Gasteiger charge is 2.30. The van der Waals surface area contributed by atoms with Gasteiger partial charge in [-0.25, -0.2) is 4.98 Å². The van der Waals surface area contributed by atoms with Crippen LogP contribution in [0.1, 0.15) is 13.3 Å². The van der Waals surface area contributed by atoms with Crippen LogP contribution in [0.5, 0.6) is 0 Å². The third-order valence-corrected chi connectivity index (χ3v) is 6.16. The molecule has 0 radical (unpaired) electrons. The molecule has 2 aliphatic rings. The maximum atomic E-state index is 4.85. The summed E-state index contributed by atoms with van der Waals surface area (Å²) in [5.74, 6) is 0. The quantitative estimate of drug-likeness (QED) is 0.852. The first-order chi connectivity index (χ1) is 11.8. The van der Waals surface area contributed by atoms with Gasteiger partial charge in [-0.3, -0.25) is 9.88 Å². The highest BCUT2D eigenvalue weighted by atomic mass is 32.1. The van der Waals surface area contributed by atoms with Crippen LogP contribution in [0.3, 0.4) is 0 Å². The summed E-state index contributed by atoms with van der Waals surface area (Å²) in [5, 5.41) is 3.31. The monoisotopic (exact) mass is 343 g/mol. The summed E-state index contributed by atoms with van der Waals surface area (Å²) >= 11 is 1.75. The van der Waals surface area contributed by atoms with E-state index in [9.17, 15) is 0 Å². The van der Waals surface area contributed by atoms with Gasteiger partial charge in [-0.1, -0.05) is 6.92 Å². The van der Waals surface area contributed by atoms with Crippen molar-refractivity contribution >= 4 is 16.5 Å². The van der Waals surface area contributed by atoms with Gasteiger partial charge in [0.1, 0.15) is 0 Å². The molecule has 2 saturated heterocycles. The SMILES string of the molecule is CCN1CCN([C@H]2CCN(c3nc(-c4cccnc4)cs3)C2)CC1. The molecule has 0 bridgehead atoms. The van der Waals surface area contributed by atoms with Crippen LogP contribution in [0.2, 0.25) is 0 Å². The topological polar surface area (TPSA) is 35.5 Å². The van der Waals surface area contributed by atoms with Crippen molar-refractivity contribution in [3.05, 3.63) is 29.9 Å². The van der Waals surface area contributed by atoms with Crippen molar-refractivity contribution in [3.8, 4) is 11.3 Å². The minimum atomic E-state index is 0.690. The molecule has 0 N–H and O–H groups in total. The Morgan fingerprint density at radius 1 is 1.21 bits per heavy atom.